The molecule has 10 heavy (non-hydrogen) atoms. The summed E-state index contributed by atoms with van der Waals surface area (Å²) in [5.41, 5.74) is 0. The number of thiazole rings is 1. The van der Waals surface area contributed by atoms with Crippen LogP contribution in [0, 0.1) is 0 Å². The van der Waals surface area contributed by atoms with Crippen LogP contribution in [0.15, 0.2) is 12.3 Å². The van der Waals surface area contributed by atoms with Gasteiger partial charge in [-0.3, -0.25) is 0 Å². The topological polar surface area (TPSA) is 24.9 Å². The Kier molecular flexibility index (Phi) is 2.45. The number of allylic oxidation sites excluding steroid dienone is 1. The lowest BCUT2D eigenvalue weighted by atomic mass is 10.5. The highest BCUT2D eigenvalue weighted by atomic mass is 32.1. The van der Waals surface area contributed by atoms with Crippen LogP contribution in [0.2, 0.25) is 0 Å². The van der Waals surface area contributed by atoms with Crippen LogP contribution < -0.4 is 5.32 Å². The fourth-order valence-electron chi connectivity index (χ4n) is 0.643. The molecule has 0 amide bonds. The Morgan fingerprint density at radius 3 is 3.00 bits per heavy atom. The highest BCUT2D eigenvalue weighted by Crippen LogP contribution is 2.17. The fraction of sp³-hybridized carbons (Fsp3) is 0.286. The molecule has 1 aromatic rings. The minimum Gasteiger partial charge on any atom is -0.365 e. The molecule has 0 saturated heterocycles. The molecule has 0 aliphatic carbocycles. The lowest BCUT2D eigenvalue weighted by Gasteiger charge is -1.85. The van der Waals surface area contributed by atoms with Crippen LogP contribution >= 0.6 is 11.3 Å². The van der Waals surface area contributed by atoms with Gasteiger partial charge in [-0.15, -0.1) is 0 Å². The molecule has 1 heterocycles. The van der Waals surface area contributed by atoms with E-state index in [2.05, 4.69) is 10.3 Å². The maximum absolute atomic E-state index is 4.11. The Morgan fingerprint density at radius 2 is 2.50 bits per heavy atom. The van der Waals surface area contributed by atoms with Crippen molar-refractivity contribution in [1.29, 1.82) is 0 Å². The first-order chi connectivity index (χ1) is 4.86. The summed E-state index contributed by atoms with van der Waals surface area (Å²) in [4.78, 5) is 5.30. The van der Waals surface area contributed by atoms with Gasteiger partial charge < -0.3 is 5.32 Å². The average Bonchev–Trinajstić information content (AvgIpc) is 2.37. The van der Waals surface area contributed by atoms with Crippen molar-refractivity contribution in [2.24, 2.45) is 0 Å². The minimum atomic E-state index is 0.966. The van der Waals surface area contributed by atoms with E-state index in [1.54, 1.807) is 11.3 Å². The quantitative estimate of drug-likeness (QED) is 0.706. The maximum Gasteiger partial charge on any atom is 0.182 e. The highest BCUT2D eigenvalue weighted by molar-refractivity contribution is 7.16. The molecule has 1 aromatic heterocycles. The van der Waals surface area contributed by atoms with Crippen LogP contribution in [0.4, 0.5) is 5.13 Å². The van der Waals surface area contributed by atoms with Gasteiger partial charge in [-0.1, -0.05) is 17.4 Å². The molecule has 0 saturated carbocycles. The molecule has 0 atom stereocenters. The van der Waals surface area contributed by atoms with Gasteiger partial charge in [0.2, 0.25) is 0 Å². The molecule has 0 fully saturated rings. The molecule has 1 N–H and O–H groups in total. The zero-order valence-corrected chi connectivity index (χ0v) is 6.90. The van der Waals surface area contributed by atoms with Crippen LogP contribution in [-0.4, -0.2) is 12.0 Å². The number of rotatable bonds is 2. The van der Waals surface area contributed by atoms with E-state index in [0.717, 1.165) is 5.13 Å². The van der Waals surface area contributed by atoms with E-state index >= 15 is 0 Å². The van der Waals surface area contributed by atoms with Gasteiger partial charge in [0.05, 0.1) is 0 Å². The van der Waals surface area contributed by atoms with Crippen molar-refractivity contribution in [3.8, 4) is 0 Å². The SMILES string of the molecule is C/C=C/c1cnc(NC)s1. The molecule has 1 rings (SSSR count). The Hall–Kier alpha value is -0.830. The summed E-state index contributed by atoms with van der Waals surface area (Å²) in [7, 11) is 1.87. The number of nitrogens with one attached hydrogen (secondary N) is 1. The van der Waals surface area contributed by atoms with Gasteiger partial charge in [0.1, 0.15) is 0 Å². The molecule has 54 valence electrons. The molecule has 3 heteroatoms. The number of aromatic nitrogens is 1. The van der Waals surface area contributed by atoms with Gasteiger partial charge in [0.15, 0.2) is 5.13 Å². The summed E-state index contributed by atoms with van der Waals surface area (Å²) in [6.07, 6.45) is 5.90. The summed E-state index contributed by atoms with van der Waals surface area (Å²) in [5, 5.41) is 3.95. The third-order valence-electron chi connectivity index (χ3n) is 1.07. The molecular weight excluding hydrogens is 144 g/mol. The first-order valence-corrected chi connectivity index (χ1v) is 3.94. The van der Waals surface area contributed by atoms with Crippen LogP contribution in [0.3, 0.4) is 0 Å². The van der Waals surface area contributed by atoms with Crippen molar-refractivity contribution in [2.75, 3.05) is 12.4 Å². The third-order valence-corrected chi connectivity index (χ3v) is 2.05. The van der Waals surface area contributed by atoms with Crippen LogP contribution in [0.5, 0.6) is 0 Å². The molecule has 0 spiro atoms. The van der Waals surface area contributed by atoms with Crippen molar-refractivity contribution in [3.05, 3.63) is 17.2 Å². The number of anilines is 1. The van der Waals surface area contributed by atoms with Crippen LogP contribution in [0.25, 0.3) is 6.08 Å². The first-order valence-electron chi connectivity index (χ1n) is 3.13. The molecule has 0 aliphatic heterocycles. The van der Waals surface area contributed by atoms with Crippen molar-refractivity contribution in [1.82, 2.24) is 4.98 Å². The standard InChI is InChI=1S/C7H10N2S/c1-3-4-6-5-9-7(8-2)10-6/h3-5H,1-2H3,(H,8,9)/b4-3+. The molecule has 2 nitrogen and oxygen atoms in total. The molecule has 0 unspecified atom stereocenters. The monoisotopic (exact) mass is 154 g/mol. The van der Waals surface area contributed by atoms with Gasteiger partial charge >= 0.3 is 0 Å². The molecule has 0 aromatic carbocycles. The predicted octanol–water partition coefficient (Wildman–Crippen LogP) is 2.22. The lowest BCUT2D eigenvalue weighted by Crippen LogP contribution is -1.83. The van der Waals surface area contributed by atoms with Gasteiger partial charge in [-0.2, -0.15) is 0 Å². The van der Waals surface area contributed by atoms with E-state index in [-0.39, 0.29) is 0 Å². The van der Waals surface area contributed by atoms with Gasteiger partial charge in [0.25, 0.3) is 0 Å². The average molecular weight is 154 g/mol. The van der Waals surface area contributed by atoms with E-state index in [4.69, 9.17) is 0 Å². The van der Waals surface area contributed by atoms with Crippen LogP contribution in [0.1, 0.15) is 11.8 Å². The number of hydrogen-bond acceptors (Lipinski definition) is 3. The normalized spacial score (nSPS) is 10.6. The minimum absolute atomic E-state index is 0.966. The second-order valence-electron chi connectivity index (χ2n) is 1.82. The molecule has 0 aliphatic rings. The summed E-state index contributed by atoms with van der Waals surface area (Å²) >= 11 is 1.65. The Morgan fingerprint density at radius 1 is 1.70 bits per heavy atom. The number of nitrogens with zero attached hydrogens (tertiary/aromatic N) is 1. The third kappa shape index (κ3) is 1.57. The summed E-state index contributed by atoms with van der Waals surface area (Å²) in [6.45, 7) is 2.00. The van der Waals surface area contributed by atoms with Crippen molar-refractivity contribution in [2.45, 2.75) is 6.92 Å². The maximum atomic E-state index is 4.11. The zero-order valence-electron chi connectivity index (χ0n) is 6.09. The van der Waals surface area contributed by atoms with Crippen LogP contribution in [-0.2, 0) is 0 Å². The molecular formula is C7H10N2S. The Balaban J connectivity index is 2.78. The Bertz CT molecular complexity index is 227. The molecule has 0 bridgehead atoms. The predicted molar refractivity (Wildman–Crippen MR) is 46.4 cm³/mol. The molecule has 0 radical (unpaired) electrons. The van der Waals surface area contributed by atoms with Crippen molar-refractivity contribution in [3.63, 3.8) is 0 Å². The highest BCUT2D eigenvalue weighted by Gasteiger charge is 1.93. The second kappa shape index (κ2) is 3.37. The number of hydrogen-bond donors (Lipinski definition) is 1. The van der Waals surface area contributed by atoms with Gasteiger partial charge in [0, 0.05) is 18.1 Å². The van der Waals surface area contributed by atoms with Gasteiger partial charge in [-0.25, -0.2) is 4.98 Å². The lowest BCUT2D eigenvalue weighted by molar-refractivity contribution is 1.36. The summed E-state index contributed by atoms with van der Waals surface area (Å²) < 4.78 is 0. The van der Waals surface area contributed by atoms with E-state index < -0.39 is 0 Å². The smallest absolute Gasteiger partial charge is 0.182 e. The fourth-order valence-corrected chi connectivity index (χ4v) is 1.38. The zero-order chi connectivity index (χ0) is 7.40. The van der Waals surface area contributed by atoms with Crippen molar-refractivity contribution < 1.29 is 0 Å². The van der Waals surface area contributed by atoms with Gasteiger partial charge in [-0.05, 0) is 13.0 Å². The van der Waals surface area contributed by atoms with Crippen molar-refractivity contribution >= 4 is 22.5 Å². The van der Waals surface area contributed by atoms with E-state index in [1.165, 1.54) is 4.88 Å². The summed E-state index contributed by atoms with van der Waals surface area (Å²) in [6, 6.07) is 0. The largest absolute Gasteiger partial charge is 0.365 e. The summed E-state index contributed by atoms with van der Waals surface area (Å²) in [5.74, 6) is 0. The Labute approximate surface area is 64.6 Å². The van der Waals surface area contributed by atoms with E-state index in [0.29, 0.717) is 0 Å². The van der Waals surface area contributed by atoms with E-state index in [1.807, 2.05) is 32.3 Å². The second-order valence-corrected chi connectivity index (χ2v) is 2.88. The van der Waals surface area contributed by atoms with E-state index in [9.17, 15) is 0 Å². The first kappa shape index (κ1) is 7.28.